The fourth-order valence-electron chi connectivity index (χ4n) is 3.18. The van der Waals surface area contributed by atoms with Crippen molar-refractivity contribution in [3.8, 4) is 17.1 Å². The minimum Gasteiger partial charge on any atom is -0.497 e. The van der Waals surface area contributed by atoms with Crippen LogP contribution in [0.5, 0.6) is 5.75 Å². The van der Waals surface area contributed by atoms with E-state index in [9.17, 15) is 10.1 Å². The Labute approximate surface area is 166 Å². The first-order chi connectivity index (χ1) is 14.1. The lowest BCUT2D eigenvalue weighted by molar-refractivity contribution is -0.385. The molecule has 10 nitrogen and oxygen atoms in total. The molecular formula is C19H20N6O4. The molecule has 0 radical (unpaired) electrons. The van der Waals surface area contributed by atoms with Crippen LogP contribution >= 0.6 is 0 Å². The molecule has 0 aliphatic carbocycles. The maximum absolute atomic E-state index is 10.7. The van der Waals surface area contributed by atoms with Crippen LogP contribution in [-0.4, -0.2) is 58.2 Å². The number of hydrogen-bond acceptors (Lipinski definition) is 9. The standard InChI is InChI=1S/C19H20N6O4/c1-28-16-5-2-14(3-6-16)19-21-18(29-22-19)13-23-8-10-24(11-9-23)17-7-4-15(12-20-17)25(26)27/h2-7,12H,8-11,13H2,1H3. The van der Waals surface area contributed by atoms with Gasteiger partial charge < -0.3 is 14.2 Å². The third-order valence-corrected chi connectivity index (χ3v) is 4.81. The van der Waals surface area contributed by atoms with Gasteiger partial charge in [-0.15, -0.1) is 0 Å². The molecule has 4 rings (SSSR count). The predicted octanol–water partition coefficient (Wildman–Crippen LogP) is 2.37. The lowest BCUT2D eigenvalue weighted by Gasteiger charge is -2.34. The zero-order chi connectivity index (χ0) is 20.2. The number of nitrogens with zero attached hydrogens (tertiary/aromatic N) is 6. The van der Waals surface area contributed by atoms with E-state index in [1.54, 1.807) is 13.2 Å². The summed E-state index contributed by atoms with van der Waals surface area (Å²) in [6.45, 7) is 3.72. The van der Waals surface area contributed by atoms with Crippen LogP contribution in [0, 0.1) is 10.1 Å². The van der Waals surface area contributed by atoms with Gasteiger partial charge in [0.05, 0.1) is 18.6 Å². The number of anilines is 1. The summed E-state index contributed by atoms with van der Waals surface area (Å²) in [5, 5.41) is 14.8. The smallest absolute Gasteiger partial charge is 0.287 e. The number of methoxy groups -OCH3 is 1. The molecule has 150 valence electrons. The van der Waals surface area contributed by atoms with Crippen molar-refractivity contribution in [1.29, 1.82) is 0 Å². The number of ether oxygens (including phenoxy) is 1. The number of hydrogen-bond donors (Lipinski definition) is 0. The zero-order valence-corrected chi connectivity index (χ0v) is 15.9. The third kappa shape index (κ3) is 4.32. The van der Waals surface area contributed by atoms with Gasteiger partial charge in [0.1, 0.15) is 17.8 Å². The Kier molecular flexibility index (Phi) is 5.34. The number of nitro groups is 1. The quantitative estimate of drug-likeness (QED) is 0.458. The molecule has 2 aromatic heterocycles. The summed E-state index contributed by atoms with van der Waals surface area (Å²) in [6.07, 6.45) is 1.29. The van der Waals surface area contributed by atoms with Gasteiger partial charge in [-0.1, -0.05) is 5.16 Å². The Balaban J connectivity index is 1.32. The zero-order valence-electron chi connectivity index (χ0n) is 15.9. The summed E-state index contributed by atoms with van der Waals surface area (Å²) in [5.41, 5.74) is 0.867. The summed E-state index contributed by atoms with van der Waals surface area (Å²) >= 11 is 0. The maximum Gasteiger partial charge on any atom is 0.287 e. The fourth-order valence-corrected chi connectivity index (χ4v) is 3.18. The molecule has 10 heteroatoms. The lowest BCUT2D eigenvalue weighted by Crippen LogP contribution is -2.46. The highest BCUT2D eigenvalue weighted by Crippen LogP contribution is 2.21. The van der Waals surface area contributed by atoms with Crippen LogP contribution in [0.15, 0.2) is 47.1 Å². The van der Waals surface area contributed by atoms with E-state index in [4.69, 9.17) is 9.26 Å². The highest BCUT2D eigenvalue weighted by molar-refractivity contribution is 5.55. The van der Waals surface area contributed by atoms with Crippen molar-refractivity contribution in [2.45, 2.75) is 6.54 Å². The average Bonchev–Trinajstić information content (AvgIpc) is 3.23. The van der Waals surface area contributed by atoms with Gasteiger partial charge >= 0.3 is 0 Å². The van der Waals surface area contributed by atoms with Gasteiger partial charge in [0, 0.05) is 37.8 Å². The molecular weight excluding hydrogens is 376 g/mol. The Morgan fingerprint density at radius 3 is 2.52 bits per heavy atom. The summed E-state index contributed by atoms with van der Waals surface area (Å²) in [5.74, 6) is 2.64. The van der Waals surface area contributed by atoms with Crippen LogP contribution in [-0.2, 0) is 6.54 Å². The van der Waals surface area contributed by atoms with E-state index >= 15 is 0 Å². The molecule has 3 heterocycles. The fraction of sp³-hybridized carbons (Fsp3) is 0.316. The topological polar surface area (TPSA) is 111 Å². The average molecular weight is 396 g/mol. The molecule has 1 fully saturated rings. The Morgan fingerprint density at radius 2 is 1.90 bits per heavy atom. The van der Waals surface area contributed by atoms with Crippen molar-refractivity contribution < 1.29 is 14.2 Å². The molecule has 1 aromatic carbocycles. The first-order valence-corrected chi connectivity index (χ1v) is 9.17. The number of piperazine rings is 1. The van der Waals surface area contributed by atoms with Crippen LogP contribution in [0.2, 0.25) is 0 Å². The molecule has 0 amide bonds. The molecule has 0 saturated carbocycles. The summed E-state index contributed by atoms with van der Waals surface area (Å²) in [4.78, 5) is 23.3. The first kappa shape index (κ1) is 18.8. The van der Waals surface area contributed by atoms with Crippen LogP contribution in [0.25, 0.3) is 11.4 Å². The van der Waals surface area contributed by atoms with E-state index in [2.05, 4.69) is 24.9 Å². The Bertz CT molecular complexity index is 965. The highest BCUT2D eigenvalue weighted by atomic mass is 16.6. The van der Waals surface area contributed by atoms with Crippen molar-refractivity contribution in [1.82, 2.24) is 20.0 Å². The minimum atomic E-state index is -0.445. The summed E-state index contributed by atoms with van der Waals surface area (Å²) in [6, 6.07) is 10.7. The van der Waals surface area contributed by atoms with E-state index < -0.39 is 4.92 Å². The Hall–Kier alpha value is -3.53. The van der Waals surface area contributed by atoms with Gasteiger partial charge in [0.25, 0.3) is 5.69 Å². The molecule has 0 bridgehead atoms. The van der Waals surface area contributed by atoms with Gasteiger partial charge in [0.2, 0.25) is 11.7 Å². The minimum absolute atomic E-state index is 0.00329. The van der Waals surface area contributed by atoms with Crippen molar-refractivity contribution in [2.24, 2.45) is 0 Å². The molecule has 0 unspecified atom stereocenters. The first-order valence-electron chi connectivity index (χ1n) is 9.17. The largest absolute Gasteiger partial charge is 0.497 e. The third-order valence-electron chi connectivity index (χ3n) is 4.81. The van der Waals surface area contributed by atoms with Crippen molar-refractivity contribution in [3.63, 3.8) is 0 Å². The molecule has 1 saturated heterocycles. The molecule has 29 heavy (non-hydrogen) atoms. The predicted molar refractivity (Wildman–Crippen MR) is 105 cm³/mol. The molecule has 0 N–H and O–H groups in total. The van der Waals surface area contributed by atoms with Crippen LogP contribution in [0.3, 0.4) is 0 Å². The second-order valence-corrected chi connectivity index (χ2v) is 6.64. The molecule has 0 spiro atoms. The van der Waals surface area contributed by atoms with E-state index in [1.807, 2.05) is 24.3 Å². The molecule has 0 atom stereocenters. The number of aromatic nitrogens is 3. The molecule has 1 aliphatic rings. The SMILES string of the molecule is COc1ccc(-c2noc(CN3CCN(c4ccc([N+](=O)[O-])cn4)CC3)n2)cc1. The van der Waals surface area contributed by atoms with Gasteiger partial charge in [0.15, 0.2) is 0 Å². The van der Waals surface area contributed by atoms with Gasteiger partial charge in [-0.05, 0) is 30.3 Å². The van der Waals surface area contributed by atoms with Crippen molar-refractivity contribution >= 4 is 11.5 Å². The second kappa shape index (κ2) is 8.23. The monoisotopic (exact) mass is 396 g/mol. The van der Waals surface area contributed by atoms with Crippen molar-refractivity contribution in [2.75, 3.05) is 38.2 Å². The van der Waals surface area contributed by atoms with E-state index in [0.29, 0.717) is 18.3 Å². The van der Waals surface area contributed by atoms with Gasteiger partial charge in [-0.25, -0.2) is 4.98 Å². The number of benzene rings is 1. The second-order valence-electron chi connectivity index (χ2n) is 6.64. The maximum atomic E-state index is 10.7. The van der Waals surface area contributed by atoms with E-state index in [1.165, 1.54) is 12.3 Å². The van der Waals surface area contributed by atoms with E-state index in [-0.39, 0.29) is 5.69 Å². The van der Waals surface area contributed by atoms with E-state index in [0.717, 1.165) is 43.3 Å². The molecule has 1 aliphatic heterocycles. The van der Waals surface area contributed by atoms with Crippen molar-refractivity contribution in [3.05, 3.63) is 58.6 Å². The lowest BCUT2D eigenvalue weighted by atomic mass is 10.2. The molecule has 3 aromatic rings. The summed E-state index contributed by atoms with van der Waals surface area (Å²) in [7, 11) is 1.62. The Morgan fingerprint density at radius 1 is 1.14 bits per heavy atom. The van der Waals surface area contributed by atoms with Crippen LogP contribution in [0.1, 0.15) is 5.89 Å². The number of pyridine rings is 1. The van der Waals surface area contributed by atoms with Gasteiger partial charge in [-0.2, -0.15) is 4.98 Å². The van der Waals surface area contributed by atoms with Crippen LogP contribution in [0.4, 0.5) is 11.5 Å². The van der Waals surface area contributed by atoms with Gasteiger partial charge in [-0.3, -0.25) is 15.0 Å². The normalized spacial score (nSPS) is 14.7. The van der Waals surface area contributed by atoms with Crippen LogP contribution < -0.4 is 9.64 Å². The number of rotatable bonds is 6. The highest BCUT2D eigenvalue weighted by Gasteiger charge is 2.21. The summed E-state index contributed by atoms with van der Waals surface area (Å²) < 4.78 is 10.6.